The third-order valence-corrected chi connectivity index (χ3v) is 3.65. The molecule has 1 heterocycles. The maximum absolute atomic E-state index is 10.9. The number of sulfone groups is 1. The number of rotatable bonds is 6. The van der Waals surface area contributed by atoms with E-state index >= 15 is 0 Å². The largest absolute Gasteiger partial charge is 0.379 e. The van der Waals surface area contributed by atoms with Gasteiger partial charge in [0, 0.05) is 32.9 Å². The van der Waals surface area contributed by atoms with E-state index in [0.717, 1.165) is 19.0 Å². The molecule has 0 aliphatic carbocycles. The minimum Gasteiger partial charge on any atom is -0.379 e. The molecule has 1 aliphatic rings. The van der Waals surface area contributed by atoms with Gasteiger partial charge in [0.05, 0.1) is 19.0 Å². The molecule has 0 aromatic carbocycles. The maximum Gasteiger partial charge on any atom is 0.193 e. The van der Waals surface area contributed by atoms with Crippen molar-refractivity contribution in [1.29, 1.82) is 0 Å². The van der Waals surface area contributed by atoms with E-state index in [9.17, 15) is 8.42 Å². The molecular formula is C11H23N3O3S. The number of nitrogens with zero attached hydrogens (tertiary/aromatic N) is 2. The van der Waals surface area contributed by atoms with Crippen LogP contribution in [0.5, 0.6) is 0 Å². The molecule has 0 spiro atoms. The predicted molar refractivity (Wildman–Crippen MR) is 72.7 cm³/mol. The normalized spacial score (nSPS) is 17.2. The molecule has 0 aromatic heterocycles. The average molecular weight is 277 g/mol. The Morgan fingerprint density at radius 3 is 2.56 bits per heavy atom. The Balaban J connectivity index is 2.09. The summed E-state index contributed by atoms with van der Waals surface area (Å²) in [5, 5.41) is 3.21. The zero-order valence-corrected chi connectivity index (χ0v) is 12.0. The number of nitrogens with one attached hydrogen (secondary N) is 1. The lowest BCUT2D eigenvalue weighted by Crippen LogP contribution is -2.41. The Morgan fingerprint density at radius 1 is 1.33 bits per heavy atom. The zero-order chi connectivity index (χ0) is 13.4. The first kappa shape index (κ1) is 15.2. The second-order valence-corrected chi connectivity index (χ2v) is 6.67. The smallest absolute Gasteiger partial charge is 0.193 e. The fourth-order valence-electron chi connectivity index (χ4n) is 1.81. The lowest BCUT2D eigenvalue weighted by molar-refractivity contribution is 0.153. The van der Waals surface area contributed by atoms with E-state index in [1.807, 2.05) is 0 Å². The fraction of sp³-hybridized carbons (Fsp3) is 0.909. The van der Waals surface area contributed by atoms with Gasteiger partial charge in [-0.3, -0.25) is 4.99 Å². The quantitative estimate of drug-likeness (QED) is 0.411. The summed E-state index contributed by atoms with van der Waals surface area (Å²) in [6.45, 7) is 3.49. The number of aliphatic imine (C=N–C) groups is 1. The van der Waals surface area contributed by atoms with Crippen molar-refractivity contribution in [2.45, 2.75) is 12.8 Å². The van der Waals surface area contributed by atoms with Crippen LogP contribution < -0.4 is 5.32 Å². The van der Waals surface area contributed by atoms with Gasteiger partial charge < -0.3 is 15.0 Å². The van der Waals surface area contributed by atoms with Crippen LogP contribution in [0.4, 0.5) is 0 Å². The topological polar surface area (TPSA) is 71.0 Å². The average Bonchev–Trinajstić information content (AvgIpc) is 2.80. The number of ether oxygens (including phenoxy) is 1. The summed E-state index contributed by atoms with van der Waals surface area (Å²) >= 11 is 0. The van der Waals surface area contributed by atoms with Crippen LogP contribution in [0.2, 0.25) is 0 Å². The standard InChI is InChI=1S/C11H23N3O3S/c1-12-11(14-6-3-4-7-14)13-5-8-17-9-10-18(2,15)16/h3-10H2,1-2H3,(H,12,13). The minimum absolute atomic E-state index is 0.0772. The second-order valence-electron chi connectivity index (χ2n) is 4.41. The lowest BCUT2D eigenvalue weighted by Gasteiger charge is -2.20. The van der Waals surface area contributed by atoms with Crippen molar-refractivity contribution in [3.63, 3.8) is 0 Å². The van der Waals surface area contributed by atoms with Crippen molar-refractivity contribution < 1.29 is 13.2 Å². The Morgan fingerprint density at radius 2 is 2.00 bits per heavy atom. The summed E-state index contributed by atoms with van der Waals surface area (Å²) in [4.78, 5) is 6.43. The predicted octanol–water partition coefficient (Wildman–Crippen LogP) is -0.281. The first-order valence-corrected chi connectivity index (χ1v) is 8.30. The molecule has 0 atom stereocenters. The summed E-state index contributed by atoms with van der Waals surface area (Å²) in [5.74, 6) is 0.979. The third kappa shape index (κ3) is 6.20. The molecule has 18 heavy (non-hydrogen) atoms. The molecule has 0 radical (unpaired) electrons. The van der Waals surface area contributed by atoms with Gasteiger partial charge >= 0.3 is 0 Å². The molecule has 1 N–H and O–H groups in total. The van der Waals surface area contributed by atoms with Crippen LogP contribution in [-0.4, -0.2) is 71.2 Å². The van der Waals surface area contributed by atoms with Gasteiger partial charge in [0.15, 0.2) is 5.96 Å². The summed E-state index contributed by atoms with van der Waals surface area (Å²) in [6, 6.07) is 0. The van der Waals surface area contributed by atoms with E-state index < -0.39 is 9.84 Å². The van der Waals surface area contributed by atoms with Gasteiger partial charge in [-0.05, 0) is 12.8 Å². The van der Waals surface area contributed by atoms with E-state index in [1.54, 1.807) is 7.05 Å². The highest BCUT2D eigenvalue weighted by Gasteiger charge is 2.14. The Bertz CT molecular complexity index is 362. The van der Waals surface area contributed by atoms with Crippen molar-refractivity contribution in [2.24, 2.45) is 4.99 Å². The monoisotopic (exact) mass is 277 g/mol. The van der Waals surface area contributed by atoms with Crippen molar-refractivity contribution in [3.05, 3.63) is 0 Å². The molecule has 106 valence electrons. The van der Waals surface area contributed by atoms with Crippen LogP contribution in [0.1, 0.15) is 12.8 Å². The molecule has 1 saturated heterocycles. The maximum atomic E-state index is 10.9. The van der Waals surface area contributed by atoms with E-state index in [0.29, 0.717) is 13.2 Å². The number of likely N-dealkylation sites (tertiary alicyclic amines) is 1. The second kappa shape index (κ2) is 7.58. The van der Waals surface area contributed by atoms with Gasteiger partial charge in [0.25, 0.3) is 0 Å². The van der Waals surface area contributed by atoms with Gasteiger partial charge in [-0.2, -0.15) is 0 Å². The van der Waals surface area contributed by atoms with Crippen LogP contribution in [0, 0.1) is 0 Å². The van der Waals surface area contributed by atoms with Crippen LogP contribution >= 0.6 is 0 Å². The molecule has 1 fully saturated rings. The van der Waals surface area contributed by atoms with Gasteiger partial charge in [0.2, 0.25) is 0 Å². The summed E-state index contributed by atoms with van der Waals surface area (Å²) in [7, 11) is -1.15. The molecule has 1 aliphatic heterocycles. The van der Waals surface area contributed by atoms with Crippen molar-refractivity contribution in [2.75, 3.05) is 51.9 Å². The highest BCUT2D eigenvalue weighted by Crippen LogP contribution is 2.06. The molecule has 0 aromatic rings. The van der Waals surface area contributed by atoms with Crippen LogP contribution in [0.15, 0.2) is 4.99 Å². The molecule has 6 nitrogen and oxygen atoms in total. The Hall–Kier alpha value is -0.820. The highest BCUT2D eigenvalue weighted by atomic mass is 32.2. The molecule has 0 amide bonds. The Labute approximate surface area is 109 Å². The summed E-state index contributed by atoms with van der Waals surface area (Å²) < 4.78 is 27.0. The molecule has 0 saturated carbocycles. The van der Waals surface area contributed by atoms with E-state index in [4.69, 9.17) is 4.74 Å². The number of hydrogen-bond acceptors (Lipinski definition) is 4. The van der Waals surface area contributed by atoms with Crippen LogP contribution in [0.3, 0.4) is 0 Å². The minimum atomic E-state index is -2.92. The first-order valence-electron chi connectivity index (χ1n) is 6.24. The van der Waals surface area contributed by atoms with Crippen molar-refractivity contribution in [1.82, 2.24) is 10.2 Å². The van der Waals surface area contributed by atoms with Crippen LogP contribution in [0.25, 0.3) is 0 Å². The third-order valence-electron chi connectivity index (χ3n) is 2.75. The van der Waals surface area contributed by atoms with Crippen molar-refractivity contribution in [3.8, 4) is 0 Å². The molecule has 0 unspecified atom stereocenters. The van der Waals surface area contributed by atoms with Gasteiger partial charge in [-0.1, -0.05) is 0 Å². The van der Waals surface area contributed by atoms with Gasteiger partial charge in [0.1, 0.15) is 9.84 Å². The van der Waals surface area contributed by atoms with E-state index in [-0.39, 0.29) is 12.4 Å². The fourth-order valence-corrected chi connectivity index (χ4v) is 2.23. The van der Waals surface area contributed by atoms with E-state index in [1.165, 1.54) is 19.1 Å². The Kier molecular flexibility index (Phi) is 6.42. The molecule has 0 bridgehead atoms. The zero-order valence-electron chi connectivity index (χ0n) is 11.2. The first-order chi connectivity index (χ1) is 8.53. The molecule has 7 heteroatoms. The number of guanidine groups is 1. The van der Waals surface area contributed by atoms with Crippen molar-refractivity contribution >= 4 is 15.8 Å². The van der Waals surface area contributed by atoms with E-state index in [2.05, 4.69) is 15.2 Å². The van der Waals surface area contributed by atoms with Gasteiger partial charge in [-0.15, -0.1) is 0 Å². The number of hydrogen-bond donors (Lipinski definition) is 1. The SMILES string of the molecule is CN=C(NCCOCCS(C)(=O)=O)N1CCCC1. The van der Waals surface area contributed by atoms with Gasteiger partial charge in [-0.25, -0.2) is 8.42 Å². The highest BCUT2D eigenvalue weighted by molar-refractivity contribution is 7.90. The summed E-state index contributed by atoms with van der Waals surface area (Å²) in [6.07, 6.45) is 3.64. The lowest BCUT2D eigenvalue weighted by atomic mass is 10.4. The summed E-state index contributed by atoms with van der Waals surface area (Å²) in [5.41, 5.74) is 0. The molecular weight excluding hydrogens is 254 g/mol. The molecule has 1 rings (SSSR count). The van der Waals surface area contributed by atoms with Crippen LogP contribution in [-0.2, 0) is 14.6 Å².